The zero-order valence-corrected chi connectivity index (χ0v) is 13.4. The first-order valence-electron chi connectivity index (χ1n) is 7.51. The number of oxime groups is 1. The van der Waals surface area contributed by atoms with Crippen LogP contribution >= 0.6 is 15.9 Å². The number of nitrogens with one attached hydrogen (secondary N) is 1. The number of carbonyl (C=O) groups excluding carboxylic acids is 1. The minimum atomic E-state index is -0.485. The van der Waals surface area contributed by atoms with Crippen molar-refractivity contribution in [2.24, 2.45) is 5.16 Å². The van der Waals surface area contributed by atoms with Crippen molar-refractivity contribution in [3.05, 3.63) is 34.3 Å². The molecule has 1 heterocycles. The van der Waals surface area contributed by atoms with E-state index in [2.05, 4.69) is 26.4 Å². The van der Waals surface area contributed by atoms with Gasteiger partial charge in [0.15, 0.2) is 0 Å². The van der Waals surface area contributed by atoms with E-state index in [1.54, 1.807) is 0 Å². The normalized spacial score (nSPS) is 22.5. The highest BCUT2D eigenvalue weighted by molar-refractivity contribution is 9.10. The molecule has 1 saturated carbocycles. The SMILES string of the molecule is O=C(NC1CCCCC1)C1CC(c2cccc(Br)c2)=NO1. The van der Waals surface area contributed by atoms with Crippen LogP contribution in [-0.4, -0.2) is 23.8 Å². The van der Waals surface area contributed by atoms with Gasteiger partial charge in [0.05, 0.1) is 5.71 Å². The standard InChI is InChI=1S/C16H19BrN2O2/c17-12-6-4-5-11(9-12)14-10-15(21-19-14)16(20)18-13-7-2-1-3-8-13/h4-6,9,13,15H,1-3,7-8,10H2,(H,18,20). The van der Waals surface area contributed by atoms with Crippen LogP contribution in [0, 0.1) is 0 Å². The lowest BCUT2D eigenvalue weighted by atomic mass is 9.95. The van der Waals surface area contributed by atoms with E-state index >= 15 is 0 Å². The van der Waals surface area contributed by atoms with Crippen molar-refractivity contribution in [2.75, 3.05) is 0 Å². The van der Waals surface area contributed by atoms with Gasteiger partial charge in [0.25, 0.3) is 5.91 Å². The van der Waals surface area contributed by atoms with Gasteiger partial charge in [-0.1, -0.05) is 52.5 Å². The lowest BCUT2D eigenvalue weighted by molar-refractivity contribution is -0.132. The number of benzene rings is 1. The van der Waals surface area contributed by atoms with Crippen molar-refractivity contribution in [1.29, 1.82) is 0 Å². The number of nitrogens with zero attached hydrogens (tertiary/aromatic N) is 1. The van der Waals surface area contributed by atoms with Crippen molar-refractivity contribution in [1.82, 2.24) is 5.32 Å². The Labute approximate surface area is 133 Å². The first-order chi connectivity index (χ1) is 10.2. The molecular weight excluding hydrogens is 332 g/mol. The molecule has 1 fully saturated rings. The predicted molar refractivity (Wildman–Crippen MR) is 85.2 cm³/mol. The molecule has 1 aromatic carbocycles. The maximum atomic E-state index is 12.2. The van der Waals surface area contributed by atoms with E-state index in [4.69, 9.17) is 4.84 Å². The van der Waals surface area contributed by atoms with E-state index in [0.717, 1.165) is 28.6 Å². The monoisotopic (exact) mass is 350 g/mol. The molecule has 1 atom stereocenters. The van der Waals surface area contributed by atoms with E-state index in [0.29, 0.717) is 12.5 Å². The smallest absolute Gasteiger partial charge is 0.264 e. The van der Waals surface area contributed by atoms with Crippen molar-refractivity contribution < 1.29 is 9.63 Å². The molecule has 1 aliphatic carbocycles. The first-order valence-corrected chi connectivity index (χ1v) is 8.31. The Kier molecular flexibility index (Phi) is 4.58. The Morgan fingerprint density at radius 1 is 1.29 bits per heavy atom. The first kappa shape index (κ1) is 14.6. The third-order valence-corrected chi connectivity index (χ3v) is 4.56. The maximum absolute atomic E-state index is 12.2. The summed E-state index contributed by atoms with van der Waals surface area (Å²) in [5.74, 6) is -0.0318. The summed E-state index contributed by atoms with van der Waals surface area (Å²) in [4.78, 5) is 17.6. The average molecular weight is 351 g/mol. The highest BCUT2D eigenvalue weighted by Gasteiger charge is 2.30. The molecule has 1 N–H and O–H groups in total. The number of rotatable bonds is 3. The van der Waals surface area contributed by atoms with Crippen LogP contribution in [0.1, 0.15) is 44.1 Å². The molecule has 0 bridgehead atoms. The molecule has 1 aliphatic heterocycles. The van der Waals surface area contributed by atoms with Gasteiger partial charge in [-0.3, -0.25) is 4.79 Å². The van der Waals surface area contributed by atoms with Crippen LogP contribution in [0.5, 0.6) is 0 Å². The minimum absolute atomic E-state index is 0.0318. The quantitative estimate of drug-likeness (QED) is 0.908. The van der Waals surface area contributed by atoms with E-state index in [1.165, 1.54) is 19.3 Å². The molecule has 21 heavy (non-hydrogen) atoms. The summed E-state index contributed by atoms with van der Waals surface area (Å²) < 4.78 is 0.998. The Hall–Kier alpha value is -1.36. The van der Waals surface area contributed by atoms with Crippen molar-refractivity contribution in [2.45, 2.75) is 50.7 Å². The number of hydrogen-bond donors (Lipinski definition) is 1. The average Bonchev–Trinajstić information content (AvgIpc) is 2.98. The van der Waals surface area contributed by atoms with E-state index in [9.17, 15) is 4.79 Å². The summed E-state index contributed by atoms with van der Waals surface area (Å²) in [5.41, 5.74) is 1.83. The van der Waals surface area contributed by atoms with Crippen molar-refractivity contribution in [3.63, 3.8) is 0 Å². The Bertz CT molecular complexity index is 553. The van der Waals surface area contributed by atoms with Gasteiger partial charge in [-0.15, -0.1) is 0 Å². The molecule has 0 aromatic heterocycles. The fourth-order valence-corrected chi connectivity index (χ4v) is 3.30. The van der Waals surface area contributed by atoms with Gasteiger partial charge in [0.2, 0.25) is 6.10 Å². The zero-order valence-electron chi connectivity index (χ0n) is 11.8. The van der Waals surface area contributed by atoms with Gasteiger partial charge < -0.3 is 10.2 Å². The van der Waals surface area contributed by atoms with Crippen LogP contribution in [0.2, 0.25) is 0 Å². The molecule has 1 aromatic rings. The highest BCUT2D eigenvalue weighted by Crippen LogP contribution is 2.21. The van der Waals surface area contributed by atoms with Crippen LogP contribution in [0.4, 0.5) is 0 Å². The van der Waals surface area contributed by atoms with Gasteiger partial charge in [0.1, 0.15) is 0 Å². The molecule has 112 valence electrons. The molecule has 4 nitrogen and oxygen atoms in total. The fraction of sp³-hybridized carbons (Fsp3) is 0.500. The maximum Gasteiger partial charge on any atom is 0.264 e. The molecule has 0 saturated heterocycles. The summed E-state index contributed by atoms with van der Waals surface area (Å²) in [5, 5.41) is 7.18. The number of halogens is 1. The topological polar surface area (TPSA) is 50.7 Å². The van der Waals surface area contributed by atoms with Gasteiger partial charge >= 0.3 is 0 Å². The number of carbonyl (C=O) groups is 1. The van der Waals surface area contributed by atoms with Crippen molar-refractivity contribution >= 4 is 27.5 Å². The second-order valence-electron chi connectivity index (χ2n) is 5.69. The molecule has 1 amide bonds. The van der Waals surface area contributed by atoms with E-state index < -0.39 is 6.10 Å². The van der Waals surface area contributed by atoms with Crippen LogP contribution in [-0.2, 0) is 9.63 Å². The Morgan fingerprint density at radius 3 is 2.86 bits per heavy atom. The Balaban J connectivity index is 1.56. The largest absolute Gasteiger partial charge is 0.382 e. The molecule has 0 spiro atoms. The Morgan fingerprint density at radius 2 is 2.10 bits per heavy atom. The second-order valence-corrected chi connectivity index (χ2v) is 6.61. The van der Waals surface area contributed by atoms with Gasteiger partial charge in [-0.2, -0.15) is 0 Å². The lowest BCUT2D eigenvalue weighted by Gasteiger charge is -2.23. The zero-order chi connectivity index (χ0) is 14.7. The molecule has 5 heteroatoms. The van der Waals surface area contributed by atoms with Gasteiger partial charge in [-0.05, 0) is 25.0 Å². The third-order valence-electron chi connectivity index (χ3n) is 4.07. The molecule has 0 radical (unpaired) electrons. The van der Waals surface area contributed by atoms with Crippen LogP contribution < -0.4 is 5.32 Å². The van der Waals surface area contributed by atoms with Gasteiger partial charge in [-0.25, -0.2) is 0 Å². The van der Waals surface area contributed by atoms with Crippen molar-refractivity contribution in [3.8, 4) is 0 Å². The van der Waals surface area contributed by atoms with E-state index in [-0.39, 0.29) is 5.91 Å². The summed E-state index contributed by atoms with van der Waals surface area (Å²) in [7, 11) is 0. The van der Waals surface area contributed by atoms with Crippen LogP contribution in [0.25, 0.3) is 0 Å². The second kappa shape index (κ2) is 6.60. The summed E-state index contributed by atoms with van der Waals surface area (Å²) in [6.45, 7) is 0. The minimum Gasteiger partial charge on any atom is -0.382 e. The lowest BCUT2D eigenvalue weighted by Crippen LogP contribution is -2.42. The number of amides is 1. The predicted octanol–water partition coefficient (Wildman–Crippen LogP) is 3.39. The summed E-state index contributed by atoms with van der Waals surface area (Å²) in [6.07, 6.45) is 5.90. The molecular formula is C16H19BrN2O2. The highest BCUT2D eigenvalue weighted by atomic mass is 79.9. The molecule has 1 unspecified atom stereocenters. The fourth-order valence-electron chi connectivity index (χ4n) is 2.90. The molecule has 2 aliphatic rings. The van der Waals surface area contributed by atoms with Gasteiger partial charge in [0, 0.05) is 22.5 Å². The summed E-state index contributed by atoms with van der Waals surface area (Å²) in [6, 6.07) is 8.20. The number of hydrogen-bond acceptors (Lipinski definition) is 3. The van der Waals surface area contributed by atoms with Crippen LogP contribution in [0.15, 0.2) is 33.9 Å². The third kappa shape index (κ3) is 3.64. The van der Waals surface area contributed by atoms with Crippen LogP contribution in [0.3, 0.4) is 0 Å². The van der Waals surface area contributed by atoms with E-state index in [1.807, 2.05) is 24.3 Å². The molecule has 3 rings (SSSR count). The summed E-state index contributed by atoms with van der Waals surface area (Å²) >= 11 is 3.44.